The third-order valence-corrected chi connectivity index (χ3v) is 13.1. The van der Waals surface area contributed by atoms with Gasteiger partial charge in [0.15, 0.2) is 0 Å². The molecule has 15 nitrogen and oxygen atoms in total. The molecule has 4 heterocycles. The Morgan fingerprint density at radius 1 is 0.642 bits per heavy atom. The van der Waals surface area contributed by atoms with Crippen molar-refractivity contribution in [1.82, 2.24) is 50.4 Å². The molecule has 5 aromatic rings. The number of ether oxygens (including phenoxy) is 1. The Morgan fingerprint density at radius 3 is 1.78 bits per heavy atom. The van der Waals surface area contributed by atoms with Gasteiger partial charge in [-0.15, -0.1) is 0 Å². The number of carbonyl (C=O) groups is 4. The Kier molecular flexibility index (Phi) is 15.8. The van der Waals surface area contributed by atoms with Crippen LogP contribution in [0.2, 0.25) is 0 Å². The highest BCUT2D eigenvalue weighted by Crippen LogP contribution is 2.35. The number of amides is 6. The van der Waals surface area contributed by atoms with Gasteiger partial charge in [0.1, 0.15) is 23.7 Å². The largest absolute Gasteiger partial charge is 0.494 e. The van der Waals surface area contributed by atoms with Crippen LogP contribution in [0.1, 0.15) is 67.2 Å². The maximum Gasteiger partial charge on any atom is 0.318 e. The van der Waals surface area contributed by atoms with Gasteiger partial charge in [0.25, 0.3) is 0 Å². The summed E-state index contributed by atoms with van der Waals surface area (Å²) in [5.74, 6) is 1.19. The Labute approximate surface area is 393 Å². The molecule has 352 valence electrons. The van der Waals surface area contributed by atoms with Crippen LogP contribution in [0.5, 0.6) is 5.75 Å². The Bertz CT molecular complexity index is 2380. The number of imidazole rings is 1. The molecule has 3 aliphatic rings. The SMILES string of the molecule is CN1CCN(C(=O)N[C@@H](C(=O)NCCCCCOc2ccc(-c3ccc(-c4cnc([C@@H]5CCCN5C(=O)[C@H](NC(=O)N5CCN(C)CC5)c5ccccc5)[nH]4)cc3)cc2)c2ccccc2)CC1. The highest BCUT2D eigenvalue weighted by molar-refractivity contribution is 5.89. The number of aromatic amines is 1. The van der Waals surface area contributed by atoms with Crippen molar-refractivity contribution < 1.29 is 23.9 Å². The first kappa shape index (κ1) is 46.8. The van der Waals surface area contributed by atoms with Gasteiger partial charge >= 0.3 is 12.1 Å². The zero-order valence-corrected chi connectivity index (χ0v) is 38.7. The number of hydrogen-bond acceptors (Lipinski definition) is 8. The topological polar surface area (TPSA) is 158 Å². The molecule has 3 atom stereocenters. The fraction of sp³-hybridized carbons (Fsp3) is 0.404. The van der Waals surface area contributed by atoms with Gasteiger partial charge in [-0.2, -0.15) is 0 Å². The minimum Gasteiger partial charge on any atom is -0.494 e. The fourth-order valence-electron chi connectivity index (χ4n) is 8.95. The lowest BCUT2D eigenvalue weighted by molar-refractivity contribution is -0.134. The molecule has 4 aromatic carbocycles. The molecule has 3 fully saturated rings. The van der Waals surface area contributed by atoms with Crippen molar-refractivity contribution in [1.29, 1.82) is 0 Å². The summed E-state index contributed by atoms with van der Waals surface area (Å²) in [6.45, 7) is 7.39. The summed E-state index contributed by atoms with van der Waals surface area (Å²) >= 11 is 0. The van der Waals surface area contributed by atoms with Crippen LogP contribution in [0, 0.1) is 0 Å². The summed E-state index contributed by atoms with van der Waals surface area (Å²) in [6, 6.07) is 33.1. The lowest BCUT2D eigenvalue weighted by Crippen LogP contribution is -2.53. The Hall–Kier alpha value is -6.71. The molecular weight excluding hydrogens is 845 g/mol. The number of urea groups is 2. The van der Waals surface area contributed by atoms with E-state index in [2.05, 4.69) is 67.1 Å². The number of likely N-dealkylation sites (tertiary alicyclic amines) is 1. The van der Waals surface area contributed by atoms with Crippen LogP contribution < -0.4 is 20.7 Å². The molecule has 0 saturated carbocycles. The van der Waals surface area contributed by atoms with Crippen LogP contribution in [0.15, 0.2) is 115 Å². The number of H-pyrrole nitrogens is 1. The summed E-state index contributed by atoms with van der Waals surface area (Å²) in [7, 11) is 4.09. The Balaban J connectivity index is 0.788. The molecule has 6 amide bonds. The number of carbonyl (C=O) groups excluding carboxylic acids is 4. The van der Waals surface area contributed by atoms with Crippen molar-refractivity contribution in [2.45, 2.75) is 50.2 Å². The summed E-state index contributed by atoms with van der Waals surface area (Å²) in [5, 5.41) is 9.07. The number of nitrogens with one attached hydrogen (secondary N) is 4. The minimum atomic E-state index is -0.801. The molecule has 15 heteroatoms. The first-order chi connectivity index (χ1) is 32.7. The molecule has 0 radical (unpaired) electrons. The third kappa shape index (κ3) is 12.2. The molecule has 1 aromatic heterocycles. The first-order valence-corrected chi connectivity index (χ1v) is 23.7. The second-order valence-electron chi connectivity index (χ2n) is 17.8. The molecule has 0 unspecified atom stereocenters. The number of unbranched alkanes of at least 4 members (excludes halogenated alkanes) is 2. The highest BCUT2D eigenvalue weighted by Gasteiger charge is 2.38. The molecule has 0 aliphatic carbocycles. The van der Waals surface area contributed by atoms with Crippen LogP contribution >= 0.6 is 0 Å². The normalized spacial score (nSPS) is 17.7. The van der Waals surface area contributed by atoms with Gasteiger partial charge in [-0.1, -0.05) is 97.1 Å². The molecule has 0 bridgehead atoms. The van der Waals surface area contributed by atoms with Crippen molar-refractivity contribution in [3.63, 3.8) is 0 Å². The molecule has 3 aliphatic heterocycles. The number of aromatic nitrogens is 2. The summed E-state index contributed by atoms with van der Waals surface area (Å²) in [5.41, 5.74) is 5.52. The number of hydrogen-bond donors (Lipinski definition) is 4. The smallest absolute Gasteiger partial charge is 0.318 e. The predicted molar refractivity (Wildman–Crippen MR) is 259 cm³/mol. The molecular formula is C52H64N10O5. The van der Waals surface area contributed by atoms with Crippen molar-refractivity contribution >= 4 is 23.9 Å². The summed E-state index contributed by atoms with van der Waals surface area (Å²) < 4.78 is 6.05. The van der Waals surface area contributed by atoms with E-state index >= 15 is 0 Å². The molecule has 67 heavy (non-hydrogen) atoms. The van der Waals surface area contributed by atoms with Crippen LogP contribution in [-0.2, 0) is 9.59 Å². The maximum atomic E-state index is 14.3. The highest BCUT2D eigenvalue weighted by atomic mass is 16.5. The van der Waals surface area contributed by atoms with Crippen LogP contribution in [0.4, 0.5) is 9.59 Å². The number of piperazine rings is 2. The lowest BCUT2D eigenvalue weighted by atomic mass is 10.0. The molecule has 0 spiro atoms. The lowest BCUT2D eigenvalue weighted by Gasteiger charge is -2.34. The average molecular weight is 909 g/mol. The van der Waals surface area contributed by atoms with Crippen molar-refractivity contribution in [2.24, 2.45) is 0 Å². The van der Waals surface area contributed by atoms with Gasteiger partial charge in [0, 0.05) is 65.4 Å². The van der Waals surface area contributed by atoms with Crippen LogP contribution in [0.25, 0.3) is 22.4 Å². The van der Waals surface area contributed by atoms with E-state index in [4.69, 9.17) is 9.72 Å². The minimum absolute atomic E-state index is 0.133. The first-order valence-electron chi connectivity index (χ1n) is 23.7. The molecule has 4 N–H and O–H groups in total. The number of benzene rings is 4. The number of likely N-dealkylation sites (N-methyl/N-ethyl adjacent to an activating group) is 2. The summed E-state index contributed by atoms with van der Waals surface area (Å²) in [6.07, 6.45) is 5.98. The van der Waals surface area contributed by atoms with Crippen molar-refractivity contribution in [3.8, 4) is 28.1 Å². The zero-order chi connectivity index (χ0) is 46.5. The van der Waals surface area contributed by atoms with E-state index in [9.17, 15) is 19.2 Å². The third-order valence-electron chi connectivity index (χ3n) is 13.1. The molecule has 8 rings (SSSR count). The number of nitrogens with zero attached hydrogens (tertiary/aromatic N) is 6. The van der Waals surface area contributed by atoms with Crippen LogP contribution in [-0.4, -0.2) is 144 Å². The monoisotopic (exact) mass is 909 g/mol. The van der Waals surface area contributed by atoms with Gasteiger partial charge in [-0.25, -0.2) is 14.6 Å². The molecule has 3 saturated heterocycles. The number of rotatable bonds is 16. The van der Waals surface area contributed by atoms with E-state index in [0.29, 0.717) is 45.9 Å². The van der Waals surface area contributed by atoms with Crippen molar-refractivity contribution in [3.05, 3.63) is 132 Å². The Morgan fingerprint density at radius 2 is 1.18 bits per heavy atom. The van der Waals surface area contributed by atoms with E-state index in [1.165, 1.54) is 0 Å². The summed E-state index contributed by atoms with van der Waals surface area (Å²) in [4.78, 5) is 72.2. The van der Waals surface area contributed by atoms with Gasteiger partial charge in [-0.05, 0) is 86.1 Å². The second kappa shape index (κ2) is 22.7. The maximum absolute atomic E-state index is 14.3. The fourth-order valence-corrected chi connectivity index (χ4v) is 8.95. The van der Waals surface area contributed by atoms with Gasteiger partial charge < -0.3 is 50.2 Å². The average Bonchev–Trinajstić information content (AvgIpc) is 4.07. The van der Waals surface area contributed by atoms with E-state index in [-0.39, 0.29) is 29.9 Å². The standard InChI is InChI=1S/C52H64N10O5/c1-58-28-32-60(33-29-58)51(65)56-46(41-13-6-3-7-14-41)49(63)53-26-10-5-11-36-67-43-24-22-39(23-25-43)38-18-20-40(21-19-38)44-37-54-48(55-44)45-17-12-27-62(45)50(64)47(42-15-8-4-9-16-42)57-52(66)61-34-30-59(2)31-35-61/h3-4,6-9,13-16,18-25,37,45-47H,5,10-12,17,26-36H2,1-2H3,(H,53,63)(H,54,55)(H,56,65)(H,57,66)/t45-,46+,47+/m0/s1. The van der Waals surface area contributed by atoms with Crippen molar-refractivity contribution in [2.75, 3.05) is 86.1 Å². The quantitative estimate of drug-likeness (QED) is 0.0822. The van der Waals surface area contributed by atoms with E-state index < -0.39 is 12.1 Å². The predicted octanol–water partition coefficient (Wildman–Crippen LogP) is 6.47. The zero-order valence-electron chi connectivity index (χ0n) is 38.7. The van der Waals surface area contributed by atoms with Crippen LogP contribution in [0.3, 0.4) is 0 Å². The van der Waals surface area contributed by atoms with E-state index in [1.807, 2.05) is 98.0 Å². The second-order valence-corrected chi connectivity index (χ2v) is 17.8. The van der Waals surface area contributed by atoms with Gasteiger partial charge in [-0.3, -0.25) is 9.59 Å². The van der Waals surface area contributed by atoms with Gasteiger partial charge in [0.05, 0.1) is 24.5 Å². The van der Waals surface area contributed by atoms with Gasteiger partial charge in [0.2, 0.25) is 11.8 Å². The van der Waals surface area contributed by atoms with E-state index in [1.54, 1.807) is 9.80 Å². The van der Waals surface area contributed by atoms with E-state index in [0.717, 1.165) is 103 Å².